The van der Waals surface area contributed by atoms with Crippen molar-refractivity contribution in [2.24, 2.45) is 0 Å². The van der Waals surface area contributed by atoms with E-state index >= 15 is 0 Å². The van der Waals surface area contributed by atoms with Gasteiger partial charge in [-0.3, -0.25) is 0 Å². The predicted octanol–water partition coefficient (Wildman–Crippen LogP) is 3.51. The van der Waals surface area contributed by atoms with E-state index in [1.807, 2.05) is 0 Å². The number of hydrogen-bond donors (Lipinski definition) is 0. The lowest BCUT2D eigenvalue weighted by Gasteiger charge is -2.04. The van der Waals surface area contributed by atoms with Gasteiger partial charge in [-0.05, 0) is 18.9 Å². The fourth-order valence-electron chi connectivity index (χ4n) is 0.944. The molecule has 0 radical (unpaired) electrons. The minimum atomic E-state index is 1.10. The largest absolute Gasteiger partial charge is 0.501 e. The molecule has 66 valence electrons. The summed E-state index contributed by atoms with van der Waals surface area (Å²) in [5.41, 5.74) is 0. The molecule has 0 aliphatic rings. The molecular formula is C10H20O. The molecule has 0 N–H and O–H groups in total. The van der Waals surface area contributed by atoms with Crippen LogP contribution in [-0.2, 0) is 4.74 Å². The van der Waals surface area contributed by atoms with E-state index < -0.39 is 0 Å². The van der Waals surface area contributed by atoms with Crippen LogP contribution in [0.5, 0.6) is 0 Å². The van der Waals surface area contributed by atoms with Crippen LogP contribution in [-0.4, -0.2) is 7.11 Å². The van der Waals surface area contributed by atoms with Gasteiger partial charge in [0, 0.05) is 6.42 Å². The topological polar surface area (TPSA) is 9.23 Å². The molecule has 1 heteroatoms. The molecule has 0 aromatic carbocycles. The highest BCUT2D eigenvalue weighted by atomic mass is 16.5. The summed E-state index contributed by atoms with van der Waals surface area (Å²) in [7, 11) is 1.76. The van der Waals surface area contributed by atoms with Gasteiger partial charge in [-0.1, -0.05) is 26.7 Å². The van der Waals surface area contributed by atoms with Gasteiger partial charge in [0.15, 0.2) is 0 Å². The summed E-state index contributed by atoms with van der Waals surface area (Å²) in [5, 5.41) is 0. The normalized spacial score (nSPS) is 11.7. The van der Waals surface area contributed by atoms with Crippen LogP contribution in [0.15, 0.2) is 11.8 Å². The van der Waals surface area contributed by atoms with Crippen molar-refractivity contribution in [1.29, 1.82) is 0 Å². The SMILES string of the molecule is CCC/C=C(\CCCC)OC. The lowest BCUT2D eigenvalue weighted by Crippen LogP contribution is -1.86. The number of rotatable bonds is 6. The first kappa shape index (κ1) is 10.5. The van der Waals surface area contributed by atoms with E-state index in [2.05, 4.69) is 19.9 Å². The van der Waals surface area contributed by atoms with Gasteiger partial charge in [-0.2, -0.15) is 0 Å². The zero-order valence-electron chi connectivity index (χ0n) is 8.02. The van der Waals surface area contributed by atoms with Crippen molar-refractivity contribution in [2.45, 2.75) is 46.0 Å². The number of methoxy groups -OCH3 is 1. The van der Waals surface area contributed by atoms with Crippen molar-refractivity contribution in [3.63, 3.8) is 0 Å². The van der Waals surface area contributed by atoms with Gasteiger partial charge in [-0.15, -0.1) is 0 Å². The third-order valence-corrected chi connectivity index (χ3v) is 1.70. The third kappa shape index (κ3) is 5.96. The van der Waals surface area contributed by atoms with Gasteiger partial charge < -0.3 is 4.74 Å². The van der Waals surface area contributed by atoms with E-state index in [4.69, 9.17) is 4.74 Å². The summed E-state index contributed by atoms with van der Waals surface area (Å²) < 4.78 is 5.22. The van der Waals surface area contributed by atoms with Crippen molar-refractivity contribution >= 4 is 0 Å². The number of unbranched alkanes of at least 4 members (excludes halogenated alkanes) is 2. The second-order valence-electron chi connectivity index (χ2n) is 2.77. The van der Waals surface area contributed by atoms with Crippen LogP contribution in [0, 0.1) is 0 Å². The van der Waals surface area contributed by atoms with Crippen molar-refractivity contribution in [3.8, 4) is 0 Å². The molecule has 0 bridgehead atoms. The average Bonchev–Trinajstić information content (AvgIpc) is 2.05. The highest BCUT2D eigenvalue weighted by Gasteiger charge is 1.93. The lowest BCUT2D eigenvalue weighted by molar-refractivity contribution is 0.272. The maximum Gasteiger partial charge on any atom is 0.0915 e. The fraction of sp³-hybridized carbons (Fsp3) is 0.800. The van der Waals surface area contributed by atoms with Crippen LogP contribution < -0.4 is 0 Å². The van der Waals surface area contributed by atoms with E-state index in [1.54, 1.807) is 7.11 Å². The van der Waals surface area contributed by atoms with Crippen LogP contribution in [0.4, 0.5) is 0 Å². The molecule has 11 heavy (non-hydrogen) atoms. The highest BCUT2D eigenvalue weighted by Crippen LogP contribution is 2.09. The smallest absolute Gasteiger partial charge is 0.0915 e. The van der Waals surface area contributed by atoms with Gasteiger partial charge in [-0.25, -0.2) is 0 Å². The van der Waals surface area contributed by atoms with E-state index in [-0.39, 0.29) is 0 Å². The molecule has 0 aliphatic heterocycles. The average molecular weight is 156 g/mol. The third-order valence-electron chi connectivity index (χ3n) is 1.70. The quantitative estimate of drug-likeness (QED) is 0.535. The highest BCUT2D eigenvalue weighted by molar-refractivity contribution is 4.92. The molecule has 0 aromatic rings. The van der Waals surface area contributed by atoms with E-state index in [0.29, 0.717) is 0 Å². The van der Waals surface area contributed by atoms with Crippen molar-refractivity contribution in [3.05, 3.63) is 11.8 Å². The van der Waals surface area contributed by atoms with E-state index in [1.165, 1.54) is 19.3 Å². The zero-order valence-corrected chi connectivity index (χ0v) is 8.02. The van der Waals surface area contributed by atoms with Crippen molar-refractivity contribution < 1.29 is 4.74 Å². The Labute approximate surface area is 70.4 Å². The molecule has 0 fully saturated rings. The van der Waals surface area contributed by atoms with Gasteiger partial charge in [0.1, 0.15) is 0 Å². The zero-order chi connectivity index (χ0) is 8.53. The first-order chi connectivity index (χ1) is 5.35. The lowest BCUT2D eigenvalue weighted by atomic mass is 10.2. The van der Waals surface area contributed by atoms with Gasteiger partial charge in [0.05, 0.1) is 12.9 Å². The minimum Gasteiger partial charge on any atom is -0.501 e. The number of allylic oxidation sites excluding steroid dienone is 2. The molecule has 0 saturated carbocycles. The Bertz CT molecular complexity index is 105. The second-order valence-corrected chi connectivity index (χ2v) is 2.77. The molecule has 0 spiro atoms. The first-order valence-corrected chi connectivity index (χ1v) is 4.58. The Morgan fingerprint density at radius 1 is 1.27 bits per heavy atom. The maximum atomic E-state index is 5.22. The van der Waals surface area contributed by atoms with Crippen LogP contribution in [0.3, 0.4) is 0 Å². The molecule has 0 amide bonds. The minimum absolute atomic E-state index is 1.10. The van der Waals surface area contributed by atoms with E-state index in [0.717, 1.165) is 18.6 Å². The summed E-state index contributed by atoms with van der Waals surface area (Å²) in [5.74, 6) is 1.16. The van der Waals surface area contributed by atoms with Gasteiger partial charge in [0.2, 0.25) is 0 Å². The molecule has 0 unspecified atom stereocenters. The monoisotopic (exact) mass is 156 g/mol. The second kappa shape index (κ2) is 7.64. The molecular weight excluding hydrogens is 136 g/mol. The van der Waals surface area contributed by atoms with Crippen LogP contribution >= 0.6 is 0 Å². The van der Waals surface area contributed by atoms with E-state index in [9.17, 15) is 0 Å². The summed E-state index contributed by atoms with van der Waals surface area (Å²) in [6.07, 6.45) is 8.14. The summed E-state index contributed by atoms with van der Waals surface area (Å²) in [6.45, 7) is 4.39. The Hall–Kier alpha value is -0.460. The fourth-order valence-corrected chi connectivity index (χ4v) is 0.944. The van der Waals surface area contributed by atoms with Crippen molar-refractivity contribution in [2.75, 3.05) is 7.11 Å². The standard InChI is InChI=1S/C10H20O/c1-4-6-8-10(11-3)9-7-5-2/h8H,4-7,9H2,1-3H3/b10-8+. The molecule has 0 aliphatic carbocycles. The molecule has 1 nitrogen and oxygen atoms in total. The summed E-state index contributed by atoms with van der Waals surface area (Å²) in [6, 6.07) is 0. The van der Waals surface area contributed by atoms with Crippen LogP contribution in [0.25, 0.3) is 0 Å². The molecule has 0 rings (SSSR count). The predicted molar refractivity (Wildman–Crippen MR) is 49.5 cm³/mol. The Balaban J connectivity index is 3.55. The Morgan fingerprint density at radius 3 is 2.45 bits per heavy atom. The number of hydrogen-bond acceptors (Lipinski definition) is 1. The molecule has 0 aromatic heterocycles. The van der Waals surface area contributed by atoms with Gasteiger partial charge >= 0.3 is 0 Å². The summed E-state index contributed by atoms with van der Waals surface area (Å²) in [4.78, 5) is 0. The molecule has 0 saturated heterocycles. The molecule has 0 atom stereocenters. The van der Waals surface area contributed by atoms with Gasteiger partial charge in [0.25, 0.3) is 0 Å². The summed E-state index contributed by atoms with van der Waals surface area (Å²) >= 11 is 0. The maximum absolute atomic E-state index is 5.22. The Kier molecular flexibility index (Phi) is 7.33. The number of ether oxygens (including phenoxy) is 1. The van der Waals surface area contributed by atoms with Crippen LogP contribution in [0.1, 0.15) is 46.0 Å². The first-order valence-electron chi connectivity index (χ1n) is 4.58. The van der Waals surface area contributed by atoms with Crippen molar-refractivity contribution in [1.82, 2.24) is 0 Å². The van der Waals surface area contributed by atoms with Crippen LogP contribution in [0.2, 0.25) is 0 Å². The Morgan fingerprint density at radius 2 is 2.00 bits per heavy atom. The molecule has 0 heterocycles.